The lowest BCUT2D eigenvalue weighted by Crippen LogP contribution is -2.01. The maximum absolute atomic E-state index is 9.76. The predicted molar refractivity (Wildman–Crippen MR) is 72.4 cm³/mol. The summed E-state index contributed by atoms with van der Waals surface area (Å²) in [6, 6.07) is 0.354. The number of hydrogen-bond donors (Lipinski definition) is 1. The fourth-order valence-corrected chi connectivity index (χ4v) is 1.62. The molecule has 0 aliphatic rings. The van der Waals surface area contributed by atoms with E-state index < -0.39 is 0 Å². The number of aromatic nitrogens is 2. The van der Waals surface area contributed by atoms with Gasteiger partial charge in [0.2, 0.25) is 0 Å². The number of rotatable bonds is 8. The summed E-state index contributed by atoms with van der Waals surface area (Å²) >= 11 is 0. The van der Waals surface area contributed by atoms with Gasteiger partial charge in [-0.2, -0.15) is 0 Å². The largest absolute Gasteiger partial charge is 0.467 e. The van der Waals surface area contributed by atoms with Crippen molar-refractivity contribution in [1.82, 2.24) is 9.97 Å². The van der Waals surface area contributed by atoms with E-state index >= 15 is 0 Å². The van der Waals surface area contributed by atoms with Gasteiger partial charge in [0.15, 0.2) is 0 Å². The lowest BCUT2D eigenvalue weighted by atomic mass is 10.1. The second-order valence-corrected chi connectivity index (χ2v) is 4.28. The van der Waals surface area contributed by atoms with Crippen molar-refractivity contribution in [3.8, 4) is 6.01 Å². The maximum atomic E-state index is 9.76. The molecule has 1 aromatic heterocycles. The van der Waals surface area contributed by atoms with E-state index in [0.29, 0.717) is 6.01 Å². The van der Waals surface area contributed by atoms with Crippen LogP contribution in [0.15, 0.2) is 18.5 Å². The van der Waals surface area contributed by atoms with E-state index in [1.54, 1.807) is 18.5 Å². The molecule has 0 aliphatic carbocycles. The molecule has 0 saturated heterocycles. The number of unbranched alkanes of at least 4 members (excludes halogenated alkanes) is 3. The number of aliphatic hydroxyl groups excluding tert-OH is 1. The van der Waals surface area contributed by atoms with E-state index in [9.17, 15) is 5.11 Å². The van der Waals surface area contributed by atoms with Gasteiger partial charge in [0.05, 0.1) is 13.2 Å². The Hall–Kier alpha value is -1.42. The monoisotopic (exact) mass is 250 g/mol. The summed E-state index contributed by atoms with van der Waals surface area (Å²) in [5.41, 5.74) is 0.864. The van der Waals surface area contributed by atoms with Gasteiger partial charge < -0.3 is 9.84 Å². The van der Waals surface area contributed by atoms with E-state index in [2.05, 4.69) is 16.9 Å². The quantitative estimate of drug-likeness (QED) is 0.721. The molecule has 0 saturated carbocycles. The third-order valence-corrected chi connectivity index (χ3v) is 2.69. The Balaban J connectivity index is 2.33. The van der Waals surface area contributed by atoms with Gasteiger partial charge >= 0.3 is 6.01 Å². The minimum Gasteiger partial charge on any atom is -0.467 e. The molecule has 1 atom stereocenters. The standard InChI is InChI=1S/C14H22N2O2/c1-3-4-5-6-7-13(17)9-8-12-10-15-14(18-2)16-11-12/h8-11,13,17H,3-7H2,1-2H3/b9-8+. The smallest absolute Gasteiger partial charge is 0.316 e. The average molecular weight is 250 g/mol. The van der Waals surface area contributed by atoms with Crippen LogP contribution in [0.3, 0.4) is 0 Å². The molecule has 4 nitrogen and oxygen atoms in total. The summed E-state index contributed by atoms with van der Waals surface area (Å²) in [6.07, 6.45) is 12.1. The van der Waals surface area contributed by atoms with Crippen molar-refractivity contribution in [3.63, 3.8) is 0 Å². The highest BCUT2D eigenvalue weighted by atomic mass is 16.5. The maximum Gasteiger partial charge on any atom is 0.316 e. The third kappa shape index (κ3) is 5.77. The first-order valence-corrected chi connectivity index (χ1v) is 6.48. The highest BCUT2D eigenvalue weighted by molar-refractivity contribution is 5.47. The summed E-state index contributed by atoms with van der Waals surface area (Å²) < 4.78 is 4.88. The molecule has 0 spiro atoms. The molecule has 0 amide bonds. The van der Waals surface area contributed by atoms with Gasteiger partial charge in [-0.05, 0) is 6.42 Å². The first-order valence-electron chi connectivity index (χ1n) is 6.48. The van der Waals surface area contributed by atoms with E-state index in [4.69, 9.17) is 4.74 Å². The van der Waals surface area contributed by atoms with Crippen LogP contribution in [0.25, 0.3) is 6.08 Å². The minimum atomic E-state index is -0.385. The van der Waals surface area contributed by atoms with E-state index in [-0.39, 0.29) is 6.10 Å². The molecular weight excluding hydrogens is 228 g/mol. The lowest BCUT2D eigenvalue weighted by molar-refractivity contribution is 0.209. The Kier molecular flexibility index (Phi) is 7.03. The normalized spacial score (nSPS) is 12.8. The Morgan fingerprint density at radius 3 is 2.61 bits per heavy atom. The van der Waals surface area contributed by atoms with Crippen LogP contribution in [-0.2, 0) is 0 Å². The summed E-state index contributed by atoms with van der Waals surface area (Å²) in [6.45, 7) is 2.18. The molecule has 0 aromatic carbocycles. The van der Waals surface area contributed by atoms with Crippen LogP contribution in [0, 0.1) is 0 Å². The van der Waals surface area contributed by atoms with Gasteiger partial charge in [0.1, 0.15) is 0 Å². The second kappa shape index (κ2) is 8.64. The summed E-state index contributed by atoms with van der Waals surface area (Å²) in [7, 11) is 1.53. The van der Waals surface area contributed by atoms with Crippen LogP contribution < -0.4 is 4.74 Å². The molecule has 0 bridgehead atoms. The highest BCUT2D eigenvalue weighted by Crippen LogP contribution is 2.09. The molecule has 0 radical (unpaired) electrons. The molecule has 0 aliphatic heterocycles. The Bertz CT molecular complexity index is 349. The van der Waals surface area contributed by atoms with Crippen LogP contribution in [0.1, 0.15) is 44.6 Å². The topological polar surface area (TPSA) is 55.2 Å². The fraction of sp³-hybridized carbons (Fsp3) is 0.571. The molecule has 4 heteroatoms. The van der Waals surface area contributed by atoms with Crippen LogP contribution in [0.2, 0.25) is 0 Å². The lowest BCUT2D eigenvalue weighted by Gasteiger charge is -2.04. The molecule has 1 heterocycles. The van der Waals surface area contributed by atoms with E-state index in [0.717, 1.165) is 18.4 Å². The molecule has 0 fully saturated rings. The Morgan fingerprint density at radius 1 is 1.28 bits per heavy atom. The van der Waals surface area contributed by atoms with Gasteiger partial charge in [-0.1, -0.05) is 44.8 Å². The van der Waals surface area contributed by atoms with Crippen molar-refractivity contribution in [2.24, 2.45) is 0 Å². The predicted octanol–water partition coefficient (Wildman–Crippen LogP) is 2.83. The molecule has 18 heavy (non-hydrogen) atoms. The molecule has 1 N–H and O–H groups in total. The first kappa shape index (κ1) is 14.6. The summed E-state index contributed by atoms with van der Waals surface area (Å²) in [5, 5.41) is 9.76. The SMILES string of the molecule is CCCCCCC(O)/C=C/c1cnc(OC)nc1. The van der Waals surface area contributed by atoms with Crippen LogP contribution in [-0.4, -0.2) is 28.3 Å². The van der Waals surface area contributed by atoms with E-state index in [1.165, 1.54) is 26.4 Å². The van der Waals surface area contributed by atoms with Gasteiger partial charge in [-0.15, -0.1) is 0 Å². The van der Waals surface area contributed by atoms with Crippen molar-refractivity contribution in [2.75, 3.05) is 7.11 Å². The van der Waals surface area contributed by atoms with Crippen molar-refractivity contribution in [3.05, 3.63) is 24.0 Å². The highest BCUT2D eigenvalue weighted by Gasteiger charge is 1.99. The summed E-state index contributed by atoms with van der Waals surface area (Å²) in [4.78, 5) is 7.99. The average Bonchev–Trinajstić information content (AvgIpc) is 2.42. The van der Waals surface area contributed by atoms with Crippen molar-refractivity contribution in [2.45, 2.75) is 45.1 Å². The van der Waals surface area contributed by atoms with Gasteiger partial charge in [0.25, 0.3) is 0 Å². The number of methoxy groups -OCH3 is 1. The zero-order chi connectivity index (χ0) is 13.2. The molecule has 1 rings (SSSR count). The molecule has 1 unspecified atom stereocenters. The van der Waals surface area contributed by atoms with Gasteiger partial charge in [-0.3, -0.25) is 0 Å². The van der Waals surface area contributed by atoms with Crippen molar-refractivity contribution >= 4 is 6.08 Å². The third-order valence-electron chi connectivity index (χ3n) is 2.69. The van der Waals surface area contributed by atoms with Gasteiger partial charge in [0, 0.05) is 18.0 Å². The molecule has 1 aromatic rings. The zero-order valence-corrected chi connectivity index (χ0v) is 11.2. The number of ether oxygens (including phenoxy) is 1. The zero-order valence-electron chi connectivity index (χ0n) is 11.2. The number of hydrogen-bond acceptors (Lipinski definition) is 4. The first-order chi connectivity index (χ1) is 8.76. The summed E-state index contributed by atoms with van der Waals surface area (Å²) in [5.74, 6) is 0. The minimum absolute atomic E-state index is 0.354. The van der Waals surface area contributed by atoms with Crippen LogP contribution >= 0.6 is 0 Å². The number of aliphatic hydroxyl groups is 1. The van der Waals surface area contributed by atoms with Crippen LogP contribution in [0.4, 0.5) is 0 Å². The van der Waals surface area contributed by atoms with Crippen molar-refractivity contribution in [1.29, 1.82) is 0 Å². The molecular formula is C14H22N2O2. The number of nitrogens with zero attached hydrogens (tertiary/aromatic N) is 2. The van der Waals surface area contributed by atoms with Gasteiger partial charge in [-0.25, -0.2) is 9.97 Å². The van der Waals surface area contributed by atoms with Crippen molar-refractivity contribution < 1.29 is 9.84 Å². The Labute approximate surface area is 109 Å². The molecule has 100 valence electrons. The fourth-order valence-electron chi connectivity index (χ4n) is 1.62. The second-order valence-electron chi connectivity index (χ2n) is 4.28. The van der Waals surface area contributed by atoms with Crippen LogP contribution in [0.5, 0.6) is 6.01 Å². The van der Waals surface area contributed by atoms with E-state index in [1.807, 2.05) is 6.08 Å². The Morgan fingerprint density at radius 2 is 2.00 bits per heavy atom.